The van der Waals surface area contributed by atoms with Crippen LogP contribution in [0.3, 0.4) is 0 Å². The second-order valence-electron chi connectivity index (χ2n) is 3.82. The normalized spacial score (nSPS) is 10.3. The fourth-order valence-electron chi connectivity index (χ4n) is 1.40. The van der Waals surface area contributed by atoms with Gasteiger partial charge in [-0.15, -0.1) is 0 Å². The summed E-state index contributed by atoms with van der Waals surface area (Å²) in [6.07, 6.45) is 4.54. The van der Waals surface area contributed by atoms with Crippen molar-refractivity contribution in [3.8, 4) is 5.88 Å². The lowest BCUT2D eigenvalue weighted by molar-refractivity contribution is 0.325. The van der Waals surface area contributed by atoms with E-state index < -0.39 is 0 Å². The Morgan fingerprint density at radius 3 is 2.82 bits per heavy atom. The molecule has 0 radical (unpaired) electrons. The van der Waals surface area contributed by atoms with Gasteiger partial charge in [0, 0.05) is 20.1 Å². The molecule has 0 aliphatic heterocycles. The first-order valence-electron chi connectivity index (χ1n) is 6.14. The number of hydrogen-bond acceptors (Lipinski definition) is 5. The quantitative estimate of drug-likeness (QED) is 0.692. The molecule has 1 heterocycles. The number of aromatic nitrogens is 2. The molecular formula is C12H22N4O. The summed E-state index contributed by atoms with van der Waals surface area (Å²) in [4.78, 5) is 10.6. The van der Waals surface area contributed by atoms with Crippen LogP contribution in [0.1, 0.15) is 20.3 Å². The van der Waals surface area contributed by atoms with E-state index in [9.17, 15) is 0 Å². The lowest BCUT2D eigenvalue weighted by Crippen LogP contribution is -2.30. The van der Waals surface area contributed by atoms with Crippen LogP contribution >= 0.6 is 0 Å². The Morgan fingerprint density at radius 1 is 1.29 bits per heavy atom. The summed E-state index contributed by atoms with van der Waals surface area (Å²) in [5.41, 5.74) is 0. The fourth-order valence-corrected chi connectivity index (χ4v) is 1.40. The molecule has 1 aromatic rings. The highest BCUT2D eigenvalue weighted by atomic mass is 16.5. The third kappa shape index (κ3) is 4.99. The van der Waals surface area contributed by atoms with Gasteiger partial charge in [-0.2, -0.15) is 4.98 Å². The van der Waals surface area contributed by atoms with Crippen molar-refractivity contribution in [2.45, 2.75) is 20.3 Å². The predicted molar refractivity (Wildman–Crippen MR) is 69.6 cm³/mol. The highest BCUT2D eigenvalue weighted by molar-refractivity contribution is 5.36. The van der Waals surface area contributed by atoms with Crippen LogP contribution in [0.15, 0.2) is 12.4 Å². The molecule has 5 nitrogen and oxygen atoms in total. The summed E-state index contributed by atoms with van der Waals surface area (Å²) in [6.45, 7) is 7.62. The standard InChI is InChI=1S/C12H22N4O/c1-4-6-13-7-8-16(3)11-9-14-10-12(15-11)17-5-2/h9-10,13H,4-8H2,1-3H3. The molecular weight excluding hydrogens is 216 g/mol. The fraction of sp³-hybridized carbons (Fsp3) is 0.667. The number of nitrogens with one attached hydrogen (secondary N) is 1. The number of likely N-dealkylation sites (N-methyl/N-ethyl adjacent to an activating group) is 1. The summed E-state index contributed by atoms with van der Waals surface area (Å²) < 4.78 is 5.32. The lowest BCUT2D eigenvalue weighted by atomic mass is 10.4. The average Bonchev–Trinajstić information content (AvgIpc) is 2.35. The van der Waals surface area contributed by atoms with Crippen LogP contribution < -0.4 is 15.0 Å². The number of anilines is 1. The smallest absolute Gasteiger partial charge is 0.234 e. The van der Waals surface area contributed by atoms with Gasteiger partial charge < -0.3 is 15.0 Å². The lowest BCUT2D eigenvalue weighted by Gasteiger charge is -2.18. The number of hydrogen-bond donors (Lipinski definition) is 1. The minimum atomic E-state index is 0.582. The zero-order chi connectivity index (χ0) is 12.5. The van der Waals surface area contributed by atoms with Crippen LogP contribution in [0, 0.1) is 0 Å². The molecule has 0 amide bonds. The van der Waals surface area contributed by atoms with Crippen molar-refractivity contribution in [2.75, 3.05) is 38.2 Å². The van der Waals surface area contributed by atoms with Gasteiger partial charge in [-0.3, -0.25) is 4.98 Å². The maximum atomic E-state index is 5.32. The Morgan fingerprint density at radius 2 is 2.12 bits per heavy atom. The van der Waals surface area contributed by atoms with E-state index in [4.69, 9.17) is 4.74 Å². The first-order chi connectivity index (χ1) is 8.27. The molecule has 1 N–H and O–H groups in total. The first-order valence-corrected chi connectivity index (χ1v) is 6.14. The van der Waals surface area contributed by atoms with Gasteiger partial charge in [0.2, 0.25) is 5.88 Å². The summed E-state index contributed by atoms with van der Waals surface area (Å²) in [5.74, 6) is 1.42. The molecule has 17 heavy (non-hydrogen) atoms. The van der Waals surface area contributed by atoms with Crippen molar-refractivity contribution >= 4 is 5.82 Å². The molecule has 1 aromatic heterocycles. The maximum absolute atomic E-state index is 5.32. The Labute approximate surface area is 103 Å². The topological polar surface area (TPSA) is 50.3 Å². The van der Waals surface area contributed by atoms with Crippen molar-refractivity contribution < 1.29 is 4.74 Å². The van der Waals surface area contributed by atoms with E-state index in [0.29, 0.717) is 12.5 Å². The van der Waals surface area contributed by atoms with Crippen LogP contribution in [0.4, 0.5) is 5.82 Å². The van der Waals surface area contributed by atoms with Crippen LogP contribution in [-0.4, -0.2) is 43.3 Å². The predicted octanol–water partition coefficient (Wildman–Crippen LogP) is 1.31. The summed E-state index contributed by atoms with van der Waals surface area (Å²) >= 11 is 0. The van der Waals surface area contributed by atoms with E-state index in [-0.39, 0.29) is 0 Å². The van der Waals surface area contributed by atoms with Gasteiger partial charge >= 0.3 is 0 Å². The van der Waals surface area contributed by atoms with E-state index in [1.807, 2.05) is 14.0 Å². The molecule has 0 saturated heterocycles. The second-order valence-corrected chi connectivity index (χ2v) is 3.82. The van der Waals surface area contributed by atoms with Crippen LogP contribution in [0.25, 0.3) is 0 Å². The van der Waals surface area contributed by atoms with Gasteiger partial charge in [0.25, 0.3) is 0 Å². The van der Waals surface area contributed by atoms with Crippen molar-refractivity contribution in [3.63, 3.8) is 0 Å². The van der Waals surface area contributed by atoms with E-state index >= 15 is 0 Å². The van der Waals surface area contributed by atoms with Crippen molar-refractivity contribution in [2.24, 2.45) is 0 Å². The molecule has 0 unspecified atom stereocenters. The third-order valence-corrected chi connectivity index (χ3v) is 2.33. The Bertz CT molecular complexity index is 319. The van der Waals surface area contributed by atoms with Crippen LogP contribution in [0.2, 0.25) is 0 Å². The van der Waals surface area contributed by atoms with Gasteiger partial charge in [-0.1, -0.05) is 6.92 Å². The Kier molecular flexibility index (Phi) is 6.32. The minimum Gasteiger partial charge on any atom is -0.477 e. The van der Waals surface area contributed by atoms with Crippen LogP contribution in [0.5, 0.6) is 5.88 Å². The molecule has 5 heteroatoms. The van der Waals surface area contributed by atoms with Gasteiger partial charge in [0.05, 0.1) is 19.0 Å². The Hall–Kier alpha value is -1.36. The molecule has 1 rings (SSSR count). The summed E-state index contributed by atoms with van der Waals surface area (Å²) in [5, 5.41) is 3.35. The van der Waals surface area contributed by atoms with Crippen LogP contribution in [-0.2, 0) is 0 Å². The van der Waals surface area contributed by atoms with Gasteiger partial charge in [0.15, 0.2) is 5.82 Å². The molecule has 0 atom stereocenters. The molecule has 0 aliphatic carbocycles. The number of rotatable bonds is 8. The second kappa shape index (κ2) is 7.84. The molecule has 0 fully saturated rings. The molecule has 0 spiro atoms. The molecule has 0 bridgehead atoms. The summed E-state index contributed by atoms with van der Waals surface area (Å²) in [6, 6.07) is 0. The van der Waals surface area contributed by atoms with E-state index in [2.05, 4.69) is 27.1 Å². The molecule has 0 aromatic carbocycles. The molecule has 0 aliphatic rings. The monoisotopic (exact) mass is 238 g/mol. The van der Waals surface area contributed by atoms with Crippen molar-refractivity contribution in [1.82, 2.24) is 15.3 Å². The maximum Gasteiger partial charge on any atom is 0.234 e. The van der Waals surface area contributed by atoms with Gasteiger partial charge in [0.1, 0.15) is 0 Å². The SMILES string of the molecule is CCCNCCN(C)c1cncc(OCC)n1. The van der Waals surface area contributed by atoms with E-state index in [1.54, 1.807) is 12.4 Å². The van der Waals surface area contributed by atoms with Crippen molar-refractivity contribution in [1.29, 1.82) is 0 Å². The summed E-state index contributed by atoms with van der Waals surface area (Å²) in [7, 11) is 2.01. The third-order valence-electron chi connectivity index (χ3n) is 2.33. The minimum absolute atomic E-state index is 0.582. The molecule has 96 valence electrons. The number of ether oxygens (including phenoxy) is 1. The zero-order valence-corrected chi connectivity index (χ0v) is 10.9. The van der Waals surface area contributed by atoms with E-state index in [0.717, 1.165) is 31.9 Å². The van der Waals surface area contributed by atoms with Crippen molar-refractivity contribution in [3.05, 3.63) is 12.4 Å². The zero-order valence-electron chi connectivity index (χ0n) is 10.9. The average molecular weight is 238 g/mol. The highest BCUT2D eigenvalue weighted by Gasteiger charge is 2.04. The largest absolute Gasteiger partial charge is 0.477 e. The van der Waals surface area contributed by atoms with Gasteiger partial charge in [-0.25, -0.2) is 0 Å². The first kappa shape index (κ1) is 13.7. The highest BCUT2D eigenvalue weighted by Crippen LogP contribution is 2.11. The number of nitrogens with zero attached hydrogens (tertiary/aromatic N) is 3. The Balaban J connectivity index is 2.44. The van der Waals surface area contributed by atoms with Gasteiger partial charge in [-0.05, 0) is 19.9 Å². The molecule has 0 saturated carbocycles. The van der Waals surface area contributed by atoms with E-state index in [1.165, 1.54) is 0 Å².